The SMILES string of the molecule is CC/C=C\C/C=C\C/C=C\C/C=C\C/C=C\C/C=C\C/C=C\CCCCCC(=O)OC(COC(=O)CCCCCCCCCCCCCCC/C=C\C/C=C\C/C=C\C/C=C\C/C=C\CC)COP(=O)([O-])OCC[N+](C)(C)C. The van der Waals surface area contributed by atoms with Gasteiger partial charge in [0.05, 0.1) is 27.7 Å². The molecule has 0 heterocycles. The average Bonchev–Trinajstić information content (AvgIpc) is 3.40. The second-order valence-corrected chi connectivity index (χ2v) is 22.4. The van der Waals surface area contributed by atoms with E-state index in [1.807, 2.05) is 21.1 Å². The number of unbranched alkanes of at least 4 members (excludes halogenated alkanes) is 16. The molecule has 0 aromatic heterocycles. The topological polar surface area (TPSA) is 111 Å². The first-order valence-electron chi connectivity index (χ1n) is 30.5. The van der Waals surface area contributed by atoms with Gasteiger partial charge < -0.3 is 27.9 Å². The quantitative estimate of drug-likeness (QED) is 0.0195. The summed E-state index contributed by atoms with van der Waals surface area (Å²) in [4.78, 5) is 37.9. The normalized spacial score (nSPS) is 14.3. The lowest BCUT2D eigenvalue weighted by Crippen LogP contribution is -2.37. The fourth-order valence-corrected chi connectivity index (χ4v) is 8.45. The number of quaternary nitrogens is 1. The number of rotatable bonds is 54. The third-order valence-corrected chi connectivity index (χ3v) is 13.3. The van der Waals surface area contributed by atoms with Gasteiger partial charge in [-0.2, -0.15) is 0 Å². The van der Waals surface area contributed by atoms with Crippen LogP contribution in [0.1, 0.15) is 219 Å². The lowest BCUT2D eigenvalue weighted by molar-refractivity contribution is -0.870. The van der Waals surface area contributed by atoms with Crippen molar-refractivity contribution in [2.45, 2.75) is 225 Å². The van der Waals surface area contributed by atoms with E-state index in [1.54, 1.807) is 0 Å². The minimum absolute atomic E-state index is 0.0459. The highest BCUT2D eigenvalue weighted by Gasteiger charge is 2.21. The number of hydrogen-bond donors (Lipinski definition) is 0. The third kappa shape index (κ3) is 61.1. The Morgan fingerprint density at radius 3 is 1.04 bits per heavy atom. The molecule has 0 radical (unpaired) electrons. The van der Waals surface area contributed by atoms with Crippen LogP contribution < -0.4 is 4.89 Å². The summed E-state index contributed by atoms with van der Waals surface area (Å²) >= 11 is 0. The maximum atomic E-state index is 12.8. The summed E-state index contributed by atoms with van der Waals surface area (Å²) in [5, 5.41) is 0. The van der Waals surface area contributed by atoms with Crippen molar-refractivity contribution in [1.29, 1.82) is 0 Å². The van der Waals surface area contributed by atoms with Crippen molar-refractivity contribution >= 4 is 19.8 Å². The fourth-order valence-electron chi connectivity index (χ4n) is 7.72. The van der Waals surface area contributed by atoms with Crippen LogP contribution in [0, 0.1) is 0 Å². The first-order chi connectivity index (χ1) is 38.0. The van der Waals surface area contributed by atoms with E-state index in [0.29, 0.717) is 23.9 Å². The Labute approximate surface area is 478 Å². The first-order valence-corrected chi connectivity index (χ1v) is 32.0. The minimum Gasteiger partial charge on any atom is -0.756 e. The molecule has 0 aromatic carbocycles. The van der Waals surface area contributed by atoms with E-state index >= 15 is 0 Å². The number of ether oxygens (including phenoxy) is 2. The van der Waals surface area contributed by atoms with Gasteiger partial charge in [0.15, 0.2) is 6.10 Å². The van der Waals surface area contributed by atoms with Gasteiger partial charge in [-0.25, -0.2) is 0 Å². The molecule has 0 rings (SSSR count). The zero-order chi connectivity index (χ0) is 57.0. The highest BCUT2D eigenvalue weighted by Crippen LogP contribution is 2.38. The molecule has 0 aliphatic rings. The Morgan fingerprint density at radius 1 is 0.397 bits per heavy atom. The highest BCUT2D eigenvalue weighted by atomic mass is 31.2. The van der Waals surface area contributed by atoms with Gasteiger partial charge in [-0.1, -0.05) is 237 Å². The summed E-state index contributed by atoms with van der Waals surface area (Å²) in [5.41, 5.74) is 0. The molecule has 0 saturated carbocycles. The maximum Gasteiger partial charge on any atom is 0.306 e. The van der Waals surface area contributed by atoms with Gasteiger partial charge in [-0.3, -0.25) is 14.2 Å². The van der Waals surface area contributed by atoms with Gasteiger partial charge in [0.25, 0.3) is 7.82 Å². The lowest BCUT2D eigenvalue weighted by Gasteiger charge is -2.28. The highest BCUT2D eigenvalue weighted by molar-refractivity contribution is 7.45. The second-order valence-electron chi connectivity index (χ2n) is 20.9. The van der Waals surface area contributed by atoms with Gasteiger partial charge in [-0.05, 0) is 116 Å². The van der Waals surface area contributed by atoms with E-state index in [9.17, 15) is 19.0 Å². The molecule has 0 spiro atoms. The van der Waals surface area contributed by atoms with Crippen molar-refractivity contribution in [3.05, 3.63) is 146 Å². The summed E-state index contributed by atoms with van der Waals surface area (Å²) in [6.07, 6.45) is 84.7. The number of nitrogens with zero attached hydrogens (tertiary/aromatic N) is 1. The molecule has 2 unspecified atom stereocenters. The van der Waals surface area contributed by atoms with Crippen LogP contribution in [-0.4, -0.2) is 70.0 Å². The second kappa shape index (κ2) is 57.6. The third-order valence-electron chi connectivity index (χ3n) is 12.4. The number of allylic oxidation sites excluding steroid dienone is 24. The predicted octanol–water partition coefficient (Wildman–Crippen LogP) is 18.8. The molecule has 10 heteroatoms. The van der Waals surface area contributed by atoms with Crippen molar-refractivity contribution in [1.82, 2.24) is 0 Å². The molecular weight excluding hydrogens is 990 g/mol. The van der Waals surface area contributed by atoms with Crippen molar-refractivity contribution in [3.8, 4) is 0 Å². The Hall–Kier alpha value is -4.11. The molecule has 9 nitrogen and oxygen atoms in total. The van der Waals surface area contributed by atoms with Gasteiger partial charge in [0.1, 0.15) is 19.8 Å². The summed E-state index contributed by atoms with van der Waals surface area (Å²) < 4.78 is 34.2. The number of hydrogen-bond acceptors (Lipinski definition) is 8. The van der Waals surface area contributed by atoms with E-state index in [4.69, 9.17) is 18.5 Å². The Morgan fingerprint density at radius 2 is 0.692 bits per heavy atom. The molecule has 0 aromatic rings. The van der Waals surface area contributed by atoms with Crippen LogP contribution in [0.4, 0.5) is 0 Å². The molecule has 0 saturated heterocycles. The van der Waals surface area contributed by atoms with Crippen LogP contribution in [0.15, 0.2) is 146 Å². The van der Waals surface area contributed by atoms with E-state index in [0.717, 1.165) is 116 Å². The van der Waals surface area contributed by atoms with Crippen LogP contribution >= 0.6 is 7.82 Å². The number of phosphoric acid groups is 1. The van der Waals surface area contributed by atoms with Gasteiger partial charge in [0, 0.05) is 12.8 Å². The minimum atomic E-state index is -4.66. The molecule has 2 atom stereocenters. The zero-order valence-electron chi connectivity index (χ0n) is 50.1. The number of phosphoric ester groups is 1. The van der Waals surface area contributed by atoms with Crippen molar-refractivity contribution in [2.24, 2.45) is 0 Å². The van der Waals surface area contributed by atoms with E-state index < -0.39 is 32.5 Å². The van der Waals surface area contributed by atoms with Gasteiger partial charge in [0.2, 0.25) is 0 Å². The Balaban J connectivity index is 4.23. The summed E-state index contributed by atoms with van der Waals surface area (Å²) in [5.74, 6) is -0.883. The van der Waals surface area contributed by atoms with Crippen LogP contribution in [0.3, 0.4) is 0 Å². The molecule has 442 valence electrons. The largest absolute Gasteiger partial charge is 0.756 e. The molecule has 0 aliphatic carbocycles. The summed E-state index contributed by atoms with van der Waals surface area (Å²) in [7, 11) is 1.12. The van der Waals surface area contributed by atoms with Gasteiger partial charge in [-0.15, -0.1) is 0 Å². The van der Waals surface area contributed by atoms with Crippen LogP contribution in [0.5, 0.6) is 0 Å². The monoisotopic (exact) mass is 1100 g/mol. The van der Waals surface area contributed by atoms with Crippen molar-refractivity contribution in [3.63, 3.8) is 0 Å². The molecule has 0 aliphatic heterocycles. The smallest absolute Gasteiger partial charge is 0.306 e. The average molecular weight is 1100 g/mol. The molecule has 0 amide bonds. The van der Waals surface area contributed by atoms with Crippen molar-refractivity contribution < 1.29 is 42.1 Å². The van der Waals surface area contributed by atoms with Gasteiger partial charge >= 0.3 is 11.9 Å². The Bertz CT molecular complexity index is 1820. The molecule has 0 N–H and O–H groups in total. The van der Waals surface area contributed by atoms with E-state index in [2.05, 4.69) is 160 Å². The molecule has 78 heavy (non-hydrogen) atoms. The van der Waals surface area contributed by atoms with E-state index in [-0.39, 0.29) is 26.1 Å². The molecule has 0 fully saturated rings. The van der Waals surface area contributed by atoms with Crippen LogP contribution in [0.2, 0.25) is 0 Å². The number of likely N-dealkylation sites (N-methyl/N-ethyl adjacent to an activating group) is 1. The first kappa shape index (κ1) is 73.9. The number of carbonyl (C=O) groups is 2. The fraction of sp³-hybridized carbons (Fsp3) is 0.618. The molecular formula is C68H112NO8P. The van der Waals surface area contributed by atoms with Crippen LogP contribution in [0.25, 0.3) is 0 Å². The van der Waals surface area contributed by atoms with Crippen LogP contribution in [-0.2, 0) is 32.7 Å². The lowest BCUT2D eigenvalue weighted by atomic mass is 10.0. The van der Waals surface area contributed by atoms with E-state index in [1.165, 1.54) is 64.2 Å². The molecule has 0 bridgehead atoms. The number of carbonyl (C=O) groups excluding carboxylic acids is 2. The van der Waals surface area contributed by atoms with Crippen molar-refractivity contribution in [2.75, 3.05) is 47.5 Å². The predicted molar refractivity (Wildman–Crippen MR) is 332 cm³/mol. The zero-order valence-corrected chi connectivity index (χ0v) is 50.9. The summed E-state index contributed by atoms with van der Waals surface area (Å²) in [6, 6.07) is 0. The standard InChI is InChI=1S/C68H112NO8P/c1-6-8-10-12-14-16-18-20-22-24-26-28-30-32-33-34-35-37-38-40-42-44-46-48-50-52-54-56-58-60-67(70)74-64-66(65-76-78(72,73)75-63-62-69(3,4)5)77-68(71)61-59-57-55-53-51-49-47-45-43-41-39-36-31-29-27-25-23-21-19-17-15-13-11-9-7-2/h8-11,14-17,20-23,26-29,32-33,36,39,43,45,49,51,66H,6-7,12-13,18-19,24-25,30-31,34-35,37-38,40-42,44,46-48,50,52-65H2,1-5H3/b10-8-,11-9-,16-14-,17-15-,22-20-,23-21-,28-26-,29-27-,33-32-,39-36-,45-43-,51-49-. The summed E-state index contributed by atoms with van der Waals surface area (Å²) in [6.45, 7) is 3.96. The maximum absolute atomic E-state index is 12.8. The number of esters is 2. The Kier molecular flexibility index (Phi) is 54.5.